The molecule has 1 aromatic carbocycles. The van der Waals surface area contributed by atoms with Gasteiger partial charge in [-0.1, -0.05) is 6.92 Å². The molecule has 1 heterocycles. The van der Waals surface area contributed by atoms with Gasteiger partial charge in [0.05, 0.1) is 10.2 Å². The second kappa shape index (κ2) is 5.37. The van der Waals surface area contributed by atoms with E-state index >= 15 is 0 Å². The van der Waals surface area contributed by atoms with E-state index in [0.29, 0.717) is 12.2 Å². The van der Waals surface area contributed by atoms with E-state index in [-0.39, 0.29) is 21.9 Å². The first-order valence-electron chi connectivity index (χ1n) is 6.50. The number of nitrogens with zero attached hydrogens (tertiary/aromatic N) is 1. The van der Waals surface area contributed by atoms with Gasteiger partial charge in [0.25, 0.3) is 0 Å². The van der Waals surface area contributed by atoms with Gasteiger partial charge in [-0.3, -0.25) is 0 Å². The van der Waals surface area contributed by atoms with Gasteiger partial charge in [-0.2, -0.15) is 0 Å². The molecule has 0 radical (unpaired) electrons. The molecule has 0 amide bonds. The Labute approximate surface area is 121 Å². The maximum atomic E-state index is 14.1. The van der Waals surface area contributed by atoms with Gasteiger partial charge in [-0.15, -0.1) is 0 Å². The van der Waals surface area contributed by atoms with Crippen molar-refractivity contribution in [2.75, 3.05) is 18.0 Å². The van der Waals surface area contributed by atoms with Crippen LogP contribution in [0.4, 0.5) is 14.5 Å². The lowest BCUT2D eigenvalue weighted by Crippen LogP contribution is -2.61. The summed E-state index contributed by atoms with van der Waals surface area (Å²) in [6.07, 6.45) is 0.889. The van der Waals surface area contributed by atoms with Crippen molar-refractivity contribution in [3.63, 3.8) is 0 Å². The van der Waals surface area contributed by atoms with E-state index in [0.717, 1.165) is 13.0 Å². The highest BCUT2D eigenvalue weighted by molar-refractivity contribution is 9.10. The highest BCUT2D eigenvalue weighted by atomic mass is 79.9. The number of rotatable bonds is 2. The molecule has 1 aliphatic heterocycles. The fraction of sp³-hybridized carbons (Fsp3) is 0.571. The molecule has 1 aromatic rings. The molecule has 0 spiro atoms. The summed E-state index contributed by atoms with van der Waals surface area (Å²) in [4.78, 5) is 1.97. The molecule has 1 N–H and O–H groups in total. The Hall–Kier alpha value is -0.680. The lowest BCUT2D eigenvalue weighted by atomic mass is 9.96. The van der Waals surface area contributed by atoms with Crippen LogP contribution >= 0.6 is 15.9 Å². The summed E-state index contributed by atoms with van der Waals surface area (Å²) in [6.45, 7) is 7.63. The molecule has 1 unspecified atom stereocenters. The van der Waals surface area contributed by atoms with Crippen molar-refractivity contribution in [1.82, 2.24) is 5.32 Å². The van der Waals surface area contributed by atoms with Gasteiger partial charge in [-0.05, 0) is 42.3 Å². The average Bonchev–Trinajstić information content (AvgIpc) is 2.33. The largest absolute Gasteiger partial charge is 0.363 e. The fourth-order valence-corrected chi connectivity index (χ4v) is 2.81. The van der Waals surface area contributed by atoms with Gasteiger partial charge in [0.15, 0.2) is 0 Å². The minimum absolute atomic E-state index is 0.109. The molecule has 1 aliphatic rings. The van der Waals surface area contributed by atoms with E-state index in [1.165, 1.54) is 12.1 Å². The molecule has 0 bridgehead atoms. The van der Waals surface area contributed by atoms with Crippen LogP contribution in [0.25, 0.3) is 0 Å². The van der Waals surface area contributed by atoms with Crippen molar-refractivity contribution in [2.45, 2.75) is 38.8 Å². The minimum Gasteiger partial charge on any atom is -0.363 e. The Morgan fingerprint density at radius 2 is 2.05 bits per heavy atom. The number of hydrogen-bond acceptors (Lipinski definition) is 2. The first-order chi connectivity index (χ1) is 8.84. The molecule has 1 atom stereocenters. The fourth-order valence-electron chi connectivity index (χ4n) is 2.49. The Kier molecular flexibility index (Phi) is 4.16. The molecule has 1 fully saturated rings. The number of halogens is 3. The van der Waals surface area contributed by atoms with Crippen molar-refractivity contribution in [3.05, 3.63) is 28.2 Å². The van der Waals surface area contributed by atoms with Crippen LogP contribution in [0.15, 0.2) is 16.6 Å². The Morgan fingerprint density at radius 3 is 2.68 bits per heavy atom. The SMILES string of the molecule is CCC1CNC(C)(C)CN1c1cc(F)c(Br)cc1F. The third kappa shape index (κ3) is 3.08. The van der Waals surface area contributed by atoms with Crippen LogP contribution < -0.4 is 10.2 Å². The lowest BCUT2D eigenvalue weighted by molar-refractivity contribution is 0.304. The number of hydrogen-bond donors (Lipinski definition) is 1. The van der Waals surface area contributed by atoms with Gasteiger partial charge < -0.3 is 10.2 Å². The van der Waals surface area contributed by atoms with Gasteiger partial charge in [-0.25, -0.2) is 8.78 Å². The average molecular weight is 333 g/mol. The summed E-state index contributed by atoms with van der Waals surface area (Å²) in [5.74, 6) is -0.813. The van der Waals surface area contributed by atoms with Crippen LogP contribution in [0.5, 0.6) is 0 Å². The van der Waals surface area contributed by atoms with E-state index in [2.05, 4.69) is 42.0 Å². The number of nitrogens with one attached hydrogen (secondary N) is 1. The summed E-state index contributed by atoms with van der Waals surface area (Å²) in [5, 5.41) is 3.44. The molecule has 19 heavy (non-hydrogen) atoms. The minimum atomic E-state index is -0.428. The Morgan fingerprint density at radius 1 is 1.37 bits per heavy atom. The van der Waals surface area contributed by atoms with Gasteiger partial charge >= 0.3 is 0 Å². The topological polar surface area (TPSA) is 15.3 Å². The summed E-state index contributed by atoms with van der Waals surface area (Å²) < 4.78 is 28.0. The predicted molar refractivity (Wildman–Crippen MR) is 77.6 cm³/mol. The first kappa shape index (κ1) is 14.7. The molecule has 2 nitrogen and oxygen atoms in total. The molecular formula is C14H19BrF2N2. The number of benzene rings is 1. The molecule has 0 saturated carbocycles. The van der Waals surface area contributed by atoms with Gasteiger partial charge in [0.2, 0.25) is 0 Å². The summed E-state index contributed by atoms with van der Waals surface area (Å²) in [6, 6.07) is 2.67. The van der Waals surface area contributed by atoms with E-state index in [4.69, 9.17) is 0 Å². The van der Waals surface area contributed by atoms with E-state index in [1.807, 2.05) is 4.90 Å². The zero-order valence-electron chi connectivity index (χ0n) is 11.4. The van der Waals surface area contributed by atoms with Gasteiger partial charge in [0.1, 0.15) is 11.6 Å². The normalized spacial score (nSPS) is 22.6. The second-order valence-corrected chi connectivity index (χ2v) is 6.53. The van der Waals surface area contributed by atoms with Crippen LogP contribution in [0, 0.1) is 11.6 Å². The van der Waals surface area contributed by atoms with Crippen molar-refractivity contribution in [2.24, 2.45) is 0 Å². The third-order valence-electron chi connectivity index (χ3n) is 3.59. The van der Waals surface area contributed by atoms with Gasteiger partial charge in [0, 0.05) is 30.7 Å². The van der Waals surface area contributed by atoms with Crippen molar-refractivity contribution in [1.29, 1.82) is 0 Å². The predicted octanol–water partition coefficient (Wildman–Crippen LogP) is 3.69. The maximum Gasteiger partial charge on any atom is 0.147 e. The second-order valence-electron chi connectivity index (χ2n) is 5.67. The molecule has 2 rings (SSSR count). The molecule has 106 valence electrons. The van der Waals surface area contributed by atoms with Crippen molar-refractivity contribution < 1.29 is 8.78 Å². The smallest absolute Gasteiger partial charge is 0.147 e. The first-order valence-corrected chi connectivity index (χ1v) is 7.29. The lowest BCUT2D eigenvalue weighted by Gasteiger charge is -2.45. The van der Waals surface area contributed by atoms with Crippen LogP contribution in [-0.4, -0.2) is 24.7 Å². The molecule has 0 aromatic heterocycles. The highest BCUT2D eigenvalue weighted by Crippen LogP contribution is 2.30. The molecule has 5 heteroatoms. The van der Waals surface area contributed by atoms with Crippen LogP contribution in [0.1, 0.15) is 27.2 Å². The van der Waals surface area contributed by atoms with Crippen LogP contribution in [-0.2, 0) is 0 Å². The summed E-state index contributed by atoms with van der Waals surface area (Å²) in [5.41, 5.74) is 0.240. The molecule has 1 saturated heterocycles. The highest BCUT2D eigenvalue weighted by Gasteiger charge is 2.33. The van der Waals surface area contributed by atoms with Crippen molar-refractivity contribution >= 4 is 21.6 Å². The monoisotopic (exact) mass is 332 g/mol. The van der Waals surface area contributed by atoms with E-state index in [9.17, 15) is 8.78 Å². The molecular weight excluding hydrogens is 314 g/mol. The summed E-state index contributed by atoms with van der Waals surface area (Å²) in [7, 11) is 0. The Balaban J connectivity index is 2.39. The van der Waals surface area contributed by atoms with E-state index < -0.39 is 5.82 Å². The molecule has 0 aliphatic carbocycles. The third-order valence-corrected chi connectivity index (χ3v) is 4.20. The summed E-state index contributed by atoms with van der Waals surface area (Å²) >= 11 is 3.01. The number of piperazine rings is 1. The quantitative estimate of drug-likeness (QED) is 0.831. The number of anilines is 1. The standard InChI is InChI=1S/C14H19BrF2N2/c1-4-9-7-18-14(2,3)8-19(9)13-6-11(16)10(15)5-12(13)17/h5-6,9,18H,4,7-8H2,1-3H3. The van der Waals surface area contributed by atoms with E-state index in [1.54, 1.807) is 0 Å². The van der Waals surface area contributed by atoms with Crippen molar-refractivity contribution in [3.8, 4) is 0 Å². The van der Waals surface area contributed by atoms with Crippen LogP contribution in [0.3, 0.4) is 0 Å². The van der Waals surface area contributed by atoms with Crippen LogP contribution in [0.2, 0.25) is 0 Å². The zero-order valence-corrected chi connectivity index (χ0v) is 13.0. The zero-order chi connectivity index (χ0) is 14.2. The maximum absolute atomic E-state index is 14.1. The Bertz CT molecular complexity index is 477.